The maximum absolute atomic E-state index is 10.9. The molecule has 0 heterocycles. The number of nitro benzene ring substituents is 1. The Morgan fingerprint density at radius 3 is 2.65 bits per heavy atom. The fourth-order valence-corrected chi connectivity index (χ4v) is 1.32. The molecule has 0 fully saturated rings. The maximum atomic E-state index is 10.9. The third-order valence-corrected chi connectivity index (χ3v) is 2.68. The number of hydrogen-bond acceptors (Lipinski definition) is 4. The van der Waals surface area contributed by atoms with Crippen molar-refractivity contribution in [3.63, 3.8) is 0 Å². The minimum Gasteiger partial charge on any atom is -0.375 e. The lowest BCUT2D eigenvalue weighted by atomic mass is 10.0. The zero-order valence-electron chi connectivity index (χ0n) is 10.2. The lowest BCUT2D eigenvalue weighted by molar-refractivity contribution is -0.384. The van der Waals surface area contributed by atoms with E-state index in [2.05, 4.69) is 5.32 Å². The monoisotopic (exact) mass is 233 g/mol. The number of nitrogens with zero attached hydrogens (tertiary/aromatic N) is 2. The molecule has 0 amide bonds. The van der Waals surface area contributed by atoms with Gasteiger partial charge >= 0.3 is 0 Å². The molecule has 0 bridgehead atoms. The first kappa shape index (κ1) is 13.0. The van der Waals surface area contributed by atoms with Gasteiger partial charge in [-0.15, -0.1) is 0 Å². The first-order chi connectivity index (χ1) is 7.89. The molecule has 0 radical (unpaired) electrons. The number of nitro groups is 1. The Kier molecular flexibility index (Phi) is 3.69. The Bertz CT molecular complexity index is 475. The van der Waals surface area contributed by atoms with Crippen molar-refractivity contribution in [1.29, 1.82) is 5.26 Å². The summed E-state index contributed by atoms with van der Waals surface area (Å²) in [5.74, 6) is 0. The van der Waals surface area contributed by atoms with Gasteiger partial charge in [-0.2, -0.15) is 5.26 Å². The van der Waals surface area contributed by atoms with Crippen LogP contribution >= 0.6 is 0 Å². The molecule has 0 saturated heterocycles. The summed E-state index contributed by atoms with van der Waals surface area (Å²) in [6.07, 6.45) is 0.820. The van der Waals surface area contributed by atoms with Gasteiger partial charge in [0, 0.05) is 11.6 Å². The molecule has 1 aromatic rings. The first-order valence-electron chi connectivity index (χ1n) is 5.36. The fourth-order valence-electron chi connectivity index (χ4n) is 1.32. The summed E-state index contributed by atoms with van der Waals surface area (Å²) in [6.45, 7) is 5.90. The van der Waals surface area contributed by atoms with E-state index in [4.69, 9.17) is 5.26 Å². The van der Waals surface area contributed by atoms with E-state index in [-0.39, 0.29) is 11.2 Å². The van der Waals surface area contributed by atoms with Gasteiger partial charge in [0.1, 0.15) is 5.69 Å². The Morgan fingerprint density at radius 2 is 2.18 bits per heavy atom. The summed E-state index contributed by atoms with van der Waals surface area (Å²) >= 11 is 0. The highest BCUT2D eigenvalue weighted by atomic mass is 16.6. The van der Waals surface area contributed by atoms with Gasteiger partial charge in [-0.1, -0.05) is 6.92 Å². The fraction of sp³-hybridized carbons (Fsp3) is 0.417. The molecule has 1 N–H and O–H groups in total. The lowest BCUT2D eigenvalue weighted by Gasteiger charge is -2.25. The van der Waals surface area contributed by atoms with E-state index >= 15 is 0 Å². The summed E-state index contributed by atoms with van der Waals surface area (Å²) in [6, 6.07) is 6.28. The van der Waals surface area contributed by atoms with E-state index in [1.165, 1.54) is 18.2 Å². The van der Waals surface area contributed by atoms with Crippen molar-refractivity contribution in [2.75, 3.05) is 5.32 Å². The molecule has 0 atom stereocenters. The third-order valence-electron chi connectivity index (χ3n) is 2.68. The second kappa shape index (κ2) is 4.83. The van der Waals surface area contributed by atoms with E-state index in [1.54, 1.807) is 0 Å². The van der Waals surface area contributed by atoms with Gasteiger partial charge in [-0.25, -0.2) is 0 Å². The van der Waals surface area contributed by atoms with E-state index in [0.717, 1.165) is 6.42 Å². The van der Waals surface area contributed by atoms with Crippen molar-refractivity contribution in [1.82, 2.24) is 0 Å². The van der Waals surface area contributed by atoms with E-state index < -0.39 is 4.92 Å². The van der Waals surface area contributed by atoms with Crippen LogP contribution in [0.3, 0.4) is 0 Å². The van der Waals surface area contributed by atoms with E-state index in [1.807, 2.05) is 26.8 Å². The van der Waals surface area contributed by atoms with Crippen molar-refractivity contribution in [3.8, 4) is 6.07 Å². The van der Waals surface area contributed by atoms with Crippen molar-refractivity contribution < 1.29 is 4.92 Å². The number of rotatable bonds is 4. The minimum atomic E-state index is -0.449. The van der Waals surface area contributed by atoms with Crippen LogP contribution in [0.2, 0.25) is 0 Å². The zero-order valence-corrected chi connectivity index (χ0v) is 10.2. The van der Waals surface area contributed by atoms with Crippen LogP contribution in [0.15, 0.2) is 18.2 Å². The largest absolute Gasteiger partial charge is 0.375 e. The third kappa shape index (κ3) is 3.18. The highest BCUT2D eigenvalue weighted by Crippen LogP contribution is 2.28. The Labute approximate surface area is 100 Å². The molecule has 0 unspecified atom stereocenters. The lowest BCUT2D eigenvalue weighted by Crippen LogP contribution is -2.30. The second-order valence-corrected chi connectivity index (χ2v) is 4.46. The number of nitriles is 1. The highest BCUT2D eigenvalue weighted by molar-refractivity contribution is 5.65. The summed E-state index contributed by atoms with van der Waals surface area (Å²) in [7, 11) is 0. The molecule has 1 aromatic carbocycles. The summed E-state index contributed by atoms with van der Waals surface area (Å²) in [5.41, 5.74) is 0.537. The number of hydrogen-bond donors (Lipinski definition) is 1. The average molecular weight is 233 g/mol. The topological polar surface area (TPSA) is 79.0 Å². The van der Waals surface area contributed by atoms with Crippen LogP contribution in [0.4, 0.5) is 11.4 Å². The molecular formula is C12H15N3O2. The molecule has 0 spiro atoms. The second-order valence-electron chi connectivity index (χ2n) is 4.46. The Balaban J connectivity index is 3.19. The van der Waals surface area contributed by atoms with Gasteiger partial charge in [0.15, 0.2) is 0 Å². The van der Waals surface area contributed by atoms with Crippen LogP contribution < -0.4 is 5.32 Å². The van der Waals surface area contributed by atoms with E-state index in [0.29, 0.717) is 11.3 Å². The predicted octanol–water partition coefficient (Wildman–Crippen LogP) is 3.07. The van der Waals surface area contributed by atoms with Crippen LogP contribution in [0.5, 0.6) is 0 Å². The number of benzene rings is 1. The molecule has 1 rings (SSSR count). The average Bonchev–Trinajstić information content (AvgIpc) is 2.28. The minimum absolute atomic E-state index is 0.00877. The molecule has 90 valence electrons. The van der Waals surface area contributed by atoms with Gasteiger partial charge in [-0.3, -0.25) is 10.1 Å². The number of anilines is 1. The zero-order chi connectivity index (χ0) is 13.1. The summed E-state index contributed by atoms with van der Waals surface area (Å²) in [5, 5.41) is 22.8. The van der Waals surface area contributed by atoms with Crippen LogP contribution in [0.25, 0.3) is 0 Å². The molecule has 5 heteroatoms. The number of nitrogens with one attached hydrogen (secondary N) is 1. The smallest absolute Gasteiger partial charge is 0.292 e. The van der Waals surface area contributed by atoms with Gasteiger partial charge in [-0.05, 0) is 32.4 Å². The molecule has 0 aliphatic heterocycles. The summed E-state index contributed by atoms with van der Waals surface area (Å²) in [4.78, 5) is 10.4. The molecule has 5 nitrogen and oxygen atoms in total. The maximum Gasteiger partial charge on any atom is 0.292 e. The summed E-state index contributed by atoms with van der Waals surface area (Å²) < 4.78 is 0. The highest BCUT2D eigenvalue weighted by Gasteiger charge is 2.21. The van der Waals surface area contributed by atoms with E-state index in [9.17, 15) is 10.1 Å². The normalized spacial score (nSPS) is 10.7. The Morgan fingerprint density at radius 1 is 1.53 bits per heavy atom. The SMILES string of the molecule is CCC(C)(C)Nc1cc(C#N)ccc1[N+](=O)[O-]. The van der Waals surface area contributed by atoms with Crippen molar-refractivity contribution in [3.05, 3.63) is 33.9 Å². The predicted molar refractivity (Wildman–Crippen MR) is 65.8 cm³/mol. The van der Waals surface area contributed by atoms with Crippen LogP contribution in [-0.4, -0.2) is 10.5 Å². The quantitative estimate of drug-likeness (QED) is 0.640. The molecule has 0 aliphatic carbocycles. The van der Waals surface area contributed by atoms with Crippen LogP contribution in [-0.2, 0) is 0 Å². The molecular weight excluding hydrogens is 218 g/mol. The van der Waals surface area contributed by atoms with Gasteiger partial charge in [0.2, 0.25) is 0 Å². The van der Waals surface area contributed by atoms with Crippen molar-refractivity contribution >= 4 is 11.4 Å². The molecule has 17 heavy (non-hydrogen) atoms. The van der Waals surface area contributed by atoms with Gasteiger partial charge in [0.25, 0.3) is 5.69 Å². The standard InChI is InChI=1S/C12H15N3O2/c1-4-12(2,3)14-10-7-9(8-13)5-6-11(10)15(16)17/h5-7,14H,4H2,1-3H3. The van der Waals surface area contributed by atoms with Gasteiger partial charge in [0.05, 0.1) is 16.6 Å². The van der Waals surface area contributed by atoms with Crippen molar-refractivity contribution in [2.24, 2.45) is 0 Å². The molecule has 0 aliphatic rings. The molecule has 0 saturated carbocycles. The first-order valence-corrected chi connectivity index (χ1v) is 5.36. The molecule has 0 aromatic heterocycles. The van der Waals surface area contributed by atoms with Crippen LogP contribution in [0, 0.1) is 21.4 Å². The van der Waals surface area contributed by atoms with Crippen molar-refractivity contribution in [2.45, 2.75) is 32.7 Å². The van der Waals surface area contributed by atoms with Gasteiger partial charge < -0.3 is 5.32 Å². The van der Waals surface area contributed by atoms with Crippen LogP contribution in [0.1, 0.15) is 32.8 Å². The Hall–Kier alpha value is -2.09.